The van der Waals surface area contributed by atoms with Gasteiger partial charge in [-0.05, 0) is 38.0 Å². The van der Waals surface area contributed by atoms with Crippen molar-refractivity contribution >= 4 is 28.5 Å². The van der Waals surface area contributed by atoms with E-state index in [0.29, 0.717) is 35.2 Å². The van der Waals surface area contributed by atoms with Gasteiger partial charge < -0.3 is 9.30 Å². The standard InChI is InChI=1S/C21H24ClN5O3/c1-4-30-11-5-10-25-14(2)12-26-17-18(23-20(25)26)24(3)21(29)27(19(17)28)13-15-6-8-16(22)9-7-15/h6-9,12H,4-5,10-11,13H2,1-3H3. The Hall–Kier alpha value is -2.84. The number of benzene rings is 1. The Morgan fingerprint density at radius 2 is 1.87 bits per heavy atom. The molecule has 9 heteroatoms. The molecule has 0 N–H and O–H groups in total. The normalized spacial score (nSPS) is 11.7. The number of hydrogen-bond donors (Lipinski definition) is 0. The first-order valence-electron chi connectivity index (χ1n) is 9.92. The lowest BCUT2D eigenvalue weighted by Gasteiger charge is -2.08. The van der Waals surface area contributed by atoms with Crippen LogP contribution in [0.25, 0.3) is 16.9 Å². The van der Waals surface area contributed by atoms with Gasteiger partial charge in [0.25, 0.3) is 5.56 Å². The van der Waals surface area contributed by atoms with E-state index in [4.69, 9.17) is 16.3 Å². The largest absolute Gasteiger partial charge is 0.382 e. The molecule has 0 aliphatic rings. The van der Waals surface area contributed by atoms with Crippen molar-refractivity contribution in [2.45, 2.75) is 33.4 Å². The molecule has 0 saturated carbocycles. The van der Waals surface area contributed by atoms with Gasteiger partial charge in [-0.25, -0.2) is 4.79 Å². The lowest BCUT2D eigenvalue weighted by molar-refractivity contribution is 0.142. The molecule has 4 rings (SSSR count). The molecule has 0 radical (unpaired) electrons. The van der Waals surface area contributed by atoms with Crippen molar-refractivity contribution in [1.82, 2.24) is 23.1 Å². The second kappa shape index (κ2) is 8.12. The average Bonchev–Trinajstić information content (AvgIpc) is 3.24. The molecular weight excluding hydrogens is 406 g/mol. The van der Waals surface area contributed by atoms with Crippen molar-refractivity contribution in [1.29, 1.82) is 0 Å². The van der Waals surface area contributed by atoms with E-state index in [0.717, 1.165) is 24.2 Å². The molecule has 0 saturated heterocycles. The zero-order chi connectivity index (χ0) is 21.4. The zero-order valence-corrected chi connectivity index (χ0v) is 18.0. The van der Waals surface area contributed by atoms with Gasteiger partial charge in [-0.15, -0.1) is 0 Å². The highest BCUT2D eigenvalue weighted by Gasteiger charge is 2.20. The number of hydrogen-bond acceptors (Lipinski definition) is 4. The molecule has 0 unspecified atom stereocenters. The topological polar surface area (TPSA) is 75.5 Å². The third kappa shape index (κ3) is 3.46. The zero-order valence-electron chi connectivity index (χ0n) is 17.3. The summed E-state index contributed by atoms with van der Waals surface area (Å²) in [6.45, 7) is 6.18. The molecule has 0 amide bonds. The Bertz CT molecular complexity index is 1330. The highest BCUT2D eigenvalue weighted by Crippen LogP contribution is 2.17. The van der Waals surface area contributed by atoms with Crippen LogP contribution < -0.4 is 11.2 Å². The predicted molar refractivity (Wildman–Crippen MR) is 117 cm³/mol. The van der Waals surface area contributed by atoms with Crippen LogP contribution in [-0.2, 0) is 24.9 Å². The van der Waals surface area contributed by atoms with Crippen LogP contribution in [0.1, 0.15) is 24.6 Å². The van der Waals surface area contributed by atoms with Crippen molar-refractivity contribution in [2.24, 2.45) is 7.05 Å². The Balaban J connectivity index is 1.84. The Morgan fingerprint density at radius 1 is 1.13 bits per heavy atom. The highest BCUT2D eigenvalue weighted by atomic mass is 35.5. The number of aromatic nitrogens is 5. The van der Waals surface area contributed by atoms with E-state index in [-0.39, 0.29) is 12.1 Å². The van der Waals surface area contributed by atoms with Crippen LogP contribution in [-0.4, -0.2) is 36.3 Å². The minimum Gasteiger partial charge on any atom is -0.382 e. The lowest BCUT2D eigenvalue weighted by atomic mass is 10.2. The number of fused-ring (bicyclic) bond motifs is 3. The molecule has 1 aromatic carbocycles. The molecule has 0 aliphatic carbocycles. The number of nitrogens with zero attached hydrogens (tertiary/aromatic N) is 5. The summed E-state index contributed by atoms with van der Waals surface area (Å²) in [6, 6.07) is 7.11. The molecule has 0 spiro atoms. The molecule has 0 aliphatic heterocycles. The number of aryl methyl sites for hydroxylation is 3. The molecule has 0 bridgehead atoms. The molecule has 30 heavy (non-hydrogen) atoms. The highest BCUT2D eigenvalue weighted by molar-refractivity contribution is 6.30. The van der Waals surface area contributed by atoms with Crippen molar-refractivity contribution < 1.29 is 4.74 Å². The van der Waals surface area contributed by atoms with E-state index in [1.165, 1.54) is 9.13 Å². The van der Waals surface area contributed by atoms with Crippen molar-refractivity contribution in [3.8, 4) is 0 Å². The fraction of sp³-hybridized carbons (Fsp3) is 0.381. The van der Waals surface area contributed by atoms with Gasteiger partial charge in [0.1, 0.15) is 0 Å². The maximum Gasteiger partial charge on any atom is 0.332 e. The number of imidazole rings is 2. The molecule has 158 valence electrons. The van der Waals surface area contributed by atoms with E-state index in [2.05, 4.69) is 4.98 Å². The van der Waals surface area contributed by atoms with E-state index >= 15 is 0 Å². The minimum absolute atomic E-state index is 0.167. The smallest absolute Gasteiger partial charge is 0.332 e. The maximum absolute atomic E-state index is 13.3. The van der Waals surface area contributed by atoms with Gasteiger partial charge in [-0.1, -0.05) is 23.7 Å². The quantitative estimate of drug-likeness (QED) is 0.423. The molecule has 4 aromatic rings. The monoisotopic (exact) mass is 429 g/mol. The van der Waals surface area contributed by atoms with E-state index in [1.54, 1.807) is 23.6 Å². The van der Waals surface area contributed by atoms with Crippen LogP contribution in [0, 0.1) is 6.92 Å². The minimum atomic E-state index is -0.400. The molecule has 0 fully saturated rings. The SMILES string of the molecule is CCOCCCn1c(C)cn2c3c(=O)n(Cc4ccc(Cl)cc4)c(=O)n(C)c3nc12. The summed E-state index contributed by atoms with van der Waals surface area (Å²) in [5, 5.41) is 0.605. The van der Waals surface area contributed by atoms with Crippen LogP contribution in [0.3, 0.4) is 0 Å². The Kier molecular flexibility index (Phi) is 5.53. The first kappa shape index (κ1) is 20.4. The summed E-state index contributed by atoms with van der Waals surface area (Å²) in [5.41, 5.74) is 1.83. The first-order valence-corrected chi connectivity index (χ1v) is 10.3. The molecule has 3 aromatic heterocycles. The van der Waals surface area contributed by atoms with Crippen LogP contribution in [0.2, 0.25) is 5.02 Å². The Morgan fingerprint density at radius 3 is 2.57 bits per heavy atom. The van der Waals surface area contributed by atoms with Gasteiger partial charge >= 0.3 is 5.69 Å². The lowest BCUT2D eigenvalue weighted by Crippen LogP contribution is -2.39. The maximum atomic E-state index is 13.3. The molecule has 0 atom stereocenters. The van der Waals surface area contributed by atoms with Gasteiger partial charge in [0.15, 0.2) is 11.2 Å². The van der Waals surface area contributed by atoms with Gasteiger partial charge in [-0.2, -0.15) is 4.98 Å². The summed E-state index contributed by atoms with van der Waals surface area (Å²) in [5.74, 6) is 0.648. The first-order chi connectivity index (χ1) is 14.4. The Labute approximate surface area is 177 Å². The number of ether oxygens (including phenoxy) is 1. The summed E-state index contributed by atoms with van der Waals surface area (Å²) < 4.78 is 11.9. The van der Waals surface area contributed by atoms with E-state index in [1.807, 2.05) is 36.7 Å². The summed E-state index contributed by atoms with van der Waals surface area (Å²) in [6.07, 6.45) is 2.73. The fourth-order valence-electron chi connectivity index (χ4n) is 3.71. The van der Waals surface area contributed by atoms with Gasteiger partial charge in [0.2, 0.25) is 5.78 Å². The molecule has 3 heterocycles. The molecule has 8 nitrogen and oxygen atoms in total. The van der Waals surface area contributed by atoms with Crippen molar-refractivity contribution in [2.75, 3.05) is 13.2 Å². The van der Waals surface area contributed by atoms with Crippen LogP contribution in [0.4, 0.5) is 0 Å². The average molecular weight is 430 g/mol. The predicted octanol–water partition coefficient (Wildman–Crippen LogP) is 2.59. The third-order valence-corrected chi connectivity index (χ3v) is 5.52. The van der Waals surface area contributed by atoms with Crippen LogP contribution in [0.5, 0.6) is 0 Å². The summed E-state index contributed by atoms with van der Waals surface area (Å²) in [7, 11) is 1.64. The molecular formula is C21H24ClN5O3. The second-order valence-corrected chi connectivity index (χ2v) is 7.72. The summed E-state index contributed by atoms with van der Waals surface area (Å²) >= 11 is 5.95. The van der Waals surface area contributed by atoms with Crippen molar-refractivity contribution in [3.05, 3.63) is 67.6 Å². The number of halogens is 1. The van der Waals surface area contributed by atoms with Gasteiger partial charge in [0, 0.05) is 43.7 Å². The van der Waals surface area contributed by atoms with Crippen LogP contribution >= 0.6 is 11.6 Å². The fourth-order valence-corrected chi connectivity index (χ4v) is 3.84. The third-order valence-electron chi connectivity index (χ3n) is 5.27. The van der Waals surface area contributed by atoms with Gasteiger partial charge in [0.05, 0.1) is 6.54 Å². The number of rotatable bonds is 7. The van der Waals surface area contributed by atoms with E-state index < -0.39 is 5.69 Å². The van der Waals surface area contributed by atoms with Crippen molar-refractivity contribution in [3.63, 3.8) is 0 Å². The second-order valence-electron chi connectivity index (χ2n) is 7.29. The van der Waals surface area contributed by atoms with Crippen LogP contribution in [0.15, 0.2) is 40.1 Å². The van der Waals surface area contributed by atoms with Gasteiger partial charge in [-0.3, -0.25) is 18.3 Å². The summed E-state index contributed by atoms with van der Waals surface area (Å²) in [4.78, 5) is 30.8. The van der Waals surface area contributed by atoms with E-state index in [9.17, 15) is 9.59 Å².